The maximum atomic E-state index is 6.61. The molecule has 1 aliphatic rings. The molecule has 0 bridgehead atoms. The number of rotatable bonds is 9. The molecule has 1 aliphatic carbocycles. The first kappa shape index (κ1) is 34.3. The molecule has 5 rings (SSSR count). The van der Waals surface area contributed by atoms with Crippen molar-refractivity contribution < 1.29 is 0 Å². The Labute approximate surface area is 288 Å². The van der Waals surface area contributed by atoms with Crippen molar-refractivity contribution in [2.24, 2.45) is 15.7 Å². The Kier molecular flexibility index (Phi) is 11.6. The van der Waals surface area contributed by atoms with Crippen molar-refractivity contribution in [1.29, 1.82) is 0 Å². The van der Waals surface area contributed by atoms with Gasteiger partial charge in [0.15, 0.2) is 5.84 Å². The summed E-state index contributed by atoms with van der Waals surface area (Å²) < 4.78 is 0. The summed E-state index contributed by atoms with van der Waals surface area (Å²) in [5.74, 6) is 1.39. The van der Waals surface area contributed by atoms with Crippen molar-refractivity contribution in [3.05, 3.63) is 173 Å². The fourth-order valence-electron chi connectivity index (χ4n) is 6.18. The van der Waals surface area contributed by atoms with Gasteiger partial charge >= 0.3 is 0 Å². The molecule has 0 aromatic heterocycles. The fourth-order valence-corrected chi connectivity index (χ4v) is 6.18. The molecule has 2 N–H and O–H groups in total. The molecule has 2 atom stereocenters. The lowest BCUT2D eigenvalue weighted by Gasteiger charge is -2.27. The van der Waals surface area contributed by atoms with Crippen LogP contribution in [0.4, 0.5) is 0 Å². The van der Waals surface area contributed by atoms with Gasteiger partial charge in [-0.3, -0.25) is 4.99 Å². The third-order valence-electron chi connectivity index (χ3n) is 8.94. The summed E-state index contributed by atoms with van der Waals surface area (Å²) in [6.45, 7) is 11.2. The quantitative estimate of drug-likeness (QED) is 0.112. The minimum atomic E-state index is 0.0640. The van der Waals surface area contributed by atoms with Crippen LogP contribution >= 0.6 is 0 Å². The maximum absolute atomic E-state index is 6.61. The van der Waals surface area contributed by atoms with E-state index in [0.717, 1.165) is 36.0 Å². The normalized spacial score (nSPS) is 17.4. The SMILES string of the molecule is CC/C=C\C=C/CC(C)N=C(N=C(N)c1ccc(-c2cccc(C3=CC(C)c4ccccc4C(C)(C)CC=C3)c2)cc1)c1ccccc1. The second kappa shape index (κ2) is 16.2. The Morgan fingerprint density at radius 1 is 0.833 bits per heavy atom. The Morgan fingerprint density at radius 3 is 2.31 bits per heavy atom. The van der Waals surface area contributed by atoms with Crippen molar-refractivity contribution in [2.45, 2.75) is 71.3 Å². The van der Waals surface area contributed by atoms with Crippen LogP contribution in [0.3, 0.4) is 0 Å². The molecule has 2 unspecified atom stereocenters. The van der Waals surface area contributed by atoms with E-state index in [4.69, 9.17) is 15.7 Å². The highest BCUT2D eigenvalue weighted by molar-refractivity contribution is 6.11. The Balaban J connectivity index is 1.39. The minimum absolute atomic E-state index is 0.0640. The summed E-state index contributed by atoms with van der Waals surface area (Å²) in [7, 11) is 0. The molecule has 48 heavy (non-hydrogen) atoms. The maximum Gasteiger partial charge on any atom is 0.157 e. The second-order valence-corrected chi connectivity index (χ2v) is 13.3. The number of nitrogens with zero attached hydrogens (tertiary/aromatic N) is 2. The molecule has 3 nitrogen and oxygen atoms in total. The lowest BCUT2D eigenvalue weighted by Crippen LogP contribution is -2.18. The molecule has 0 aliphatic heterocycles. The summed E-state index contributed by atoms with van der Waals surface area (Å²) in [4.78, 5) is 9.80. The largest absolute Gasteiger partial charge is 0.383 e. The van der Waals surface area contributed by atoms with Crippen molar-refractivity contribution in [1.82, 2.24) is 0 Å². The van der Waals surface area contributed by atoms with Crippen LogP contribution < -0.4 is 5.73 Å². The number of fused-ring (bicyclic) bond motifs is 1. The highest BCUT2D eigenvalue weighted by Crippen LogP contribution is 2.37. The van der Waals surface area contributed by atoms with Crippen LogP contribution in [0.15, 0.2) is 156 Å². The molecular formula is C45H49N3. The van der Waals surface area contributed by atoms with Crippen LogP contribution in [0, 0.1) is 0 Å². The van der Waals surface area contributed by atoms with Crippen LogP contribution in [-0.2, 0) is 5.41 Å². The topological polar surface area (TPSA) is 50.7 Å². The zero-order chi connectivity index (χ0) is 33.9. The predicted octanol–water partition coefficient (Wildman–Crippen LogP) is 11.2. The molecule has 244 valence electrons. The van der Waals surface area contributed by atoms with E-state index in [1.165, 1.54) is 27.8 Å². The Morgan fingerprint density at radius 2 is 1.54 bits per heavy atom. The summed E-state index contributed by atoms with van der Waals surface area (Å²) in [6, 6.07) is 36.2. The molecule has 0 spiro atoms. The van der Waals surface area contributed by atoms with E-state index in [9.17, 15) is 0 Å². The van der Waals surface area contributed by atoms with E-state index in [-0.39, 0.29) is 11.5 Å². The fraction of sp³-hybridized carbons (Fsp3) is 0.244. The number of aliphatic imine (C=N–C) groups is 2. The van der Waals surface area contributed by atoms with Crippen molar-refractivity contribution in [3.63, 3.8) is 0 Å². The van der Waals surface area contributed by atoms with Gasteiger partial charge in [-0.15, -0.1) is 0 Å². The van der Waals surface area contributed by atoms with Crippen molar-refractivity contribution >= 4 is 17.2 Å². The van der Waals surface area contributed by atoms with Crippen LogP contribution in [0.5, 0.6) is 0 Å². The molecule has 4 aromatic carbocycles. The van der Waals surface area contributed by atoms with Gasteiger partial charge in [0.1, 0.15) is 5.84 Å². The molecule has 3 heteroatoms. The molecule has 0 radical (unpaired) electrons. The van der Waals surface area contributed by atoms with Gasteiger partial charge in [0.05, 0.1) is 6.04 Å². The van der Waals surface area contributed by atoms with Crippen LogP contribution in [0.2, 0.25) is 0 Å². The van der Waals surface area contributed by atoms with Gasteiger partial charge in [-0.05, 0) is 71.1 Å². The van der Waals surface area contributed by atoms with Crippen molar-refractivity contribution in [3.8, 4) is 11.1 Å². The van der Waals surface area contributed by atoms with Gasteiger partial charge in [0.2, 0.25) is 0 Å². The average molecular weight is 632 g/mol. The van der Waals surface area contributed by atoms with Gasteiger partial charge in [-0.25, -0.2) is 4.99 Å². The van der Waals surface area contributed by atoms with Gasteiger partial charge < -0.3 is 5.73 Å². The molecule has 4 aromatic rings. The van der Waals surface area contributed by atoms with Gasteiger partial charge in [0.25, 0.3) is 0 Å². The van der Waals surface area contributed by atoms with E-state index in [0.29, 0.717) is 17.6 Å². The number of amidine groups is 2. The highest BCUT2D eigenvalue weighted by Gasteiger charge is 2.24. The minimum Gasteiger partial charge on any atom is -0.383 e. The third kappa shape index (κ3) is 8.86. The Hall–Kier alpha value is -5.02. The smallest absolute Gasteiger partial charge is 0.157 e. The number of allylic oxidation sites excluding steroid dienone is 7. The van der Waals surface area contributed by atoms with E-state index in [1.807, 2.05) is 30.3 Å². The lowest BCUT2D eigenvalue weighted by atomic mass is 9.77. The molecule has 0 amide bonds. The second-order valence-electron chi connectivity index (χ2n) is 13.3. The average Bonchev–Trinajstić information content (AvgIpc) is 3.15. The summed E-state index contributed by atoms with van der Waals surface area (Å²) >= 11 is 0. The first-order valence-electron chi connectivity index (χ1n) is 17.2. The van der Waals surface area contributed by atoms with Crippen LogP contribution in [-0.4, -0.2) is 17.7 Å². The summed E-state index contributed by atoms with van der Waals surface area (Å²) in [5, 5.41) is 0. The summed E-state index contributed by atoms with van der Waals surface area (Å²) in [6.07, 6.45) is 18.3. The van der Waals surface area contributed by atoms with Gasteiger partial charge in [-0.2, -0.15) is 0 Å². The first-order chi connectivity index (χ1) is 23.2. The standard InChI is InChI=1S/C45H49N3/c1-6-7-8-9-11-18-34(3)47-44(37-19-12-10-13-20-37)48-43(46)36-28-26-35(27-29-36)39-21-16-22-40(32-39)38-23-17-30-45(4,5)42-25-15-14-24-41(42)33(2)31-38/h7-17,19-29,31-34H,6,18,30H2,1-5H3,(H2,46,47,48)/b8-7-,11-9-,23-17?,38-31?. The Bertz CT molecular complexity index is 1850. The first-order valence-corrected chi connectivity index (χ1v) is 17.2. The van der Waals surface area contributed by atoms with Gasteiger partial charge in [-0.1, -0.05) is 167 Å². The van der Waals surface area contributed by atoms with E-state index in [1.54, 1.807) is 0 Å². The molecule has 0 heterocycles. The van der Waals surface area contributed by atoms with Crippen LogP contribution in [0.1, 0.15) is 87.6 Å². The molecule has 0 saturated heterocycles. The monoisotopic (exact) mass is 631 g/mol. The van der Waals surface area contributed by atoms with Crippen LogP contribution in [0.25, 0.3) is 16.7 Å². The zero-order valence-electron chi connectivity index (χ0n) is 29.1. The highest BCUT2D eigenvalue weighted by atomic mass is 15.0. The number of benzene rings is 4. The third-order valence-corrected chi connectivity index (χ3v) is 8.94. The zero-order valence-corrected chi connectivity index (χ0v) is 29.1. The molecule has 0 fully saturated rings. The van der Waals surface area contributed by atoms with Crippen molar-refractivity contribution in [2.75, 3.05) is 0 Å². The van der Waals surface area contributed by atoms with E-state index >= 15 is 0 Å². The van der Waals surface area contributed by atoms with Gasteiger partial charge in [0, 0.05) is 17.0 Å². The molecule has 0 saturated carbocycles. The number of nitrogens with two attached hydrogens (primary N) is 1. The predicted molar refractivity (Wildman–Crippen MR) is 208 cm³/mol. The number of hydrogen-bond donors (Lipinski definition) is 1. The lowest BCUT2D eigenvalue weighted by molar-refractivity contribution is 0.527. The molecular weight excluding hydrogens is 583 g/mol. The van der Waals surface area contributed by atoms with E-state index < -0.39 is 0 Å². The van der Waals surface area contributed by atoms with E-state index in [2.05, 4.69) is 150 Å². The number of hydrogen-bond acceptors (Lipinski definition) is 1. The summed E-state index contributed by atoms with van der Waals surface area (Å²) in [5.41, 5.74) is 16.1.